The number of primary amides is 1. The smallest absolute Gasteiger partial charge is 0.288 e. The fraction of sp³-hybridized carbons (Fsp3) is 0.200. The molecule has 0 aromatic heterocycles. The van der Waals surface area contributed by atoms with Gasteiger partial charge in [0.05, 0.1) is 17.0 Å². The SMILES string of the molecule is NC(=O)C(O)CNC(=O)c1cccc([N+](=O)[O-])c1Cl. The molecule has 8 nitrogen and oxygen atoms in total. The molecule has 0 spiro atoms. The van der Waals surface area contributed by atoms with Gasteiger partial charge in [0.2, 0.25) is 5.91 Å². The molecule has 0 aliphatic rings. The van der Waals surface area contributed by atoms with E-state index in [2.05, 4.69) is 5.32 Å². The Labute approximate surface area is 112 Å². The Morgan fingerprint density at radius 2 is 2.16 bits per heavy atom. The lowest BCUT2D eigenvalue weighted by Gasteiger charge is -2.09. The van der Waals surface area contributed by atoms with Crippen molar-refractivity contribution < 1.29 is 19.6 Å². The molecule has 102 valence electrons. The highest BCUT2D eigenvalue weighted by Gasteiger charge is 2.20. The summed E-state index contributed by atoms with van der Waals surface area (Å²) < 4.78 is 0. The van der Waals surface area contributed by atoms with Crippen LogP contribution in [0.5, 0.6) is 0 Å². The van der Waals surface area contributed by atoms with Crippen molar-refractivity contribution in [1.29, 1.82) is 0 Å². The minimum Gasteiger partial charge on any atom is -0.381 e. The highest BCUT2D eigenvalue weighted by molar-refractivity contribution is 6.35. The molecule has 1 aromatic carbocycles. The Kier molecular flexibility index (Phi) is 4.79. The molecule has 0 saturated heterocycles. The highest BCUT2D eigenvalue weighted by atomic mass is 35.5. The number of nitrogens with one attached hydrogen (secondary N) is 1. The molecule has 1 unspecified atom stereocenters. The second kappa shape index (κ2) is 6.12. The normalized spacial score (nSPS) is 11.7. The Morgan fingerprint density at radius 3 is 2.68 bits per heavy atom. The van der Waals surface area contributed by atoms with Crippen LogP contribution in [0.2, 0.25) is 5.02 Å². The number of benzene rings is 1. The van der Waals surface area contributed by atoms with Crippen LogP contribution in [0.4, 0.5) is 5.69 Å². The molecule has 4 N–H and O–H groups in total. The Morgan fingerprint density at radius 1 is 1.53 bits per heavy atom. The number of rotatable bonds is 5. The summed E-state index contributed by atoms with van der Waals surface area (Å²) in [4.78, 5) is 32.2. The van der Waals surface area contributed by atoms with E-state index in [1.807, 2.05) is 0 Å². The van der Waals surface area contributed by atoms with Gasteiger partial charge in [-0.3, -0.25) is 19.7 Å². The summed E-state index contributed by atoms with van der Waals surface area (Å²) in [5.74, 6) is -1.75. The minimum absolute atomic E-state index is 0.132. The van der Waals surface area contributed by atoms with Gasteiger partial charge >= 0.3 is 0 Å². The number of aliphatic hydroxyl groups is 1. The lowest BCUT2D eigenvalue weighted by atomic mass is 10.2. The van der Waals surface area contributed by atoms with Gasteiger partial charge in [0.15, 0.2) is 0 Å². The number of hydrogen-bond acceptors (Lipinski definition) is 5. The van der Waals surface area contributed by atoms with Gasteiger partial charge < -0.3 is 16.2 Å². The molecule has 19 heavy (non-hydrogen) atoms. The third-order valence-corrected chi connectivity index (χ3v) is 2.60. The summed E-state index contributed by atoms with van der Waals surface area (Å²) in [5, 5.41) is 21.6. The first-order valence-electron chi connectivity index (χ1n) is 5.03. The number of nitrogens with two attached hydrogens (primary N) is 1. The molecule has 0 saturated carbocycles. The summed E-state index contributed by atoms with van der Waals surface area (Å²) >= 11 is 5.72. The van der Waals surface area contributed by atoms with E-state index in [1.54, 1.807) is 0 Å². The second-order valence-corrected chi connectivity index (χ2v) is 3.90. The van der Waals surface area contributed by atoms with Crippen LogP contribution in [-0.4, -0.2) is 34.5 Å². The van der Waals surface area contributed by atoms with E-state index in [0.29, 0.717) is 0 Å². The molecule has 0 radical (unpaired) electrons. The monoisotopic (exact) mass is 287 g/mol. The van der Waals surface area contributed by atoms with Gasteiger partial charge in [0.1, 0.15) is 11.1 Å². The molecular weight excluding hydrogens is 278 g/mol. The average molecular weight is 288 g/mol. The van der Waals surface area contributed by atoms with Crippen LogP contribution in [0.25, 0.3) is 0 Å². The molecule has 1 rings (SSSR count). The number of aliphatic hydroxyl groups excluding tert-OH is 1. The van der Waals surface area contributed by atoms with Crippen LogP contribution in [0.3, 0.4) is 0 Å². The number of nitro groups is 1. The Bertz CT molecular complexity index is 534. The zero-order valence-corrected chi connectivity index (χ0v) is 10.3. The molecule has 0 aliphatic heterocycles. The molecular formula is C10H10ClN3O5. The third kappa shape index (κ3) is 3.63. The molecule has 1 aromatic rings. The molecule has 0 heterocycles. The van der Waals surface area contributed by atoms with Gasteiger partial charge in [0, 0.05) is 6.07 Å². The fourth-order valence-corrected chi connectivity index (χ4v) is 1.50. The van der Waals surface area contributed by atoms with Crippen molar-refractivity contribution in [3.63, 3.8) is 0 Å². The van der Waals surface area contributed by atoms with Crippen LogP contribution < -0.4 is 11.1 Å². The number of halogens is 1. The maximum absolute atomic E-state index is 11.7. The van der Waals surface area contributed by atoms with Crippen molar-refractivity contribution in [3.8, 4) is 0 Å². The van der Waals surface area contributed by atoms with Gasteiger partial charge in [-0.25, -0.2) is 0 Å². The van der Waals surface area contributed by atoms with Crippen molar-refractivity contribution >= 4 is 29.1 Å². The first-order valence-corrected chi connectivity index (χ1v) is 5.41. The second-order valence-electron chi connectivity index (χ2n) is 3.52. The summed E-state index contributed by atoms with van der Waals surface area (Å²) in [6.45, 7) is -0.410. The molecule has 9 heteroatoms. The molecule has 1 atom stereocenters. The number of nitrogens with zero attached hydrogens (tertiary/aromatic N) is 1. The third-order valence-electron chi connectivity index (χ3n) is 2.20. The van der Waals surface area contributed by atoms with Crippen molar-refractivity contribution in [3.05, 3.63) is 38.9 Å². The van der Waals surface area contributed by atoms with Crippen molar-refractivity contribution in [2.75, 3.05) is 6.54 Å². The quantitative estimate of drug-likeness (QED) is 0.510. The standard InChI is InChI=1S/C10H10ClN3O5/c11-8-5(2-1-3-6(8)14(18)19)10(17)13-4-7(15)9(12)16/h1-3,7,15H,4H2,(H2,12,16)(H,13,17). The molecule has 0 bridgehead atoms. The predicted molar refractivity (Wildman–Crippen MR) is 65.6 cm³/mol. The average Bonchev–Trinajstić information content (AvgIpc) is 2.35. The highest BCUT2D eigenvalue weighted by Crippen LogP contribution is 2.27. The first-order chi connectivity index (χ1) is 8.84. The van der Waals surface area contributed by atoms with E-state index in [9.17, 15) is 19.7 Å². The molecule has 0 fully saturated rings. The number of carbonyl (C=O) groups excluding carboxylic acids is 2. The Balaban J connectivity index is 2.86. The zero-order chi connectivity index (χ0) is 14.6. The van der Waals surface area contributed by atoms with E-state index in [1.165, 1.54) is 12.1 Å². The first kappa shape index (κ1) is 14.9. The number of nitro benzene ring substituents is 1. The van der Waals surface area contributed by atoms with E-state index >= 15 is 0 Å². The zero-order valence-electron chi connectivity index (χ0n) is 9.50. The Hall–Kier alpha value is -2.19. The van der Waals surface area contributed by atoms with Crippen LogP contribution in [0, 0.1) is 10.1 Å². The van der Waals surface area contributed by atoms with Crippen molar-refractivity contribution in [1.82, 2.24) is 5.32 Å². The van der Waals surface area contributed by atoms with Crippen LogP contribution >= 0.6 is 11.6 Å². The maximum atomic E-state index is 11.7. The summed E-state index contributed by atoms with van der Waals surface area (Å²) in [6.07, 6.45) is -1.54. The summed E-state index contributed by atoms with van der Waals surface area (Å²) in [7, 11) is 0. The van der Waals surface area contributed by atoms with Crippen molar-refractivity contribution in [2.24, 2.45) is 5.73 Å². The lowest BCUT2D eigenvalue weighted by Crippen LogP contribution is -2.40. The van der Waals surface area contributed by atoms with Gasteiger partial charge in [-0.05, 0) is 6.07 Å². The van der Waals surface area contributed by atoms with E-state index in [4.69, 9.17) is 22.4 Å². The van der Waals surface area contributed by atoms with Gasteiger partial charge in [-0.15, -0.1) is 0 Å². The van der Waals surface area contributed by atoms with Crippen molar-refractivity contribution in [2.45, 2.75) is 6.10 Å². The van der Waals surface area contributed by atoms with E-state index < -0.39 is 35.1 Å². The summed E-state index contributed by atoms with van der Waals surface area (Å²) in [5.41, 5.74) is 4.25. The fourth-order valence-electron chi connectivity index (χ4n) is 1.22. The van der Waals surface area contributed by atoms with Gasteiger partial charge in [0.25, 0.3) is 11.6 Å². The predicted octanol–water partition coefficient (Wildman–Crippen LogP) is -0.176. The topological polar surface area (TPSA) is 136 Å². The van der Waals surface area contributed by atoms with E-state index in [0.717, 1.165) is 6.07 Å². The lowest BCUT2D eigenvalue weighted by molar-refractivity contribution is -0.384. The molecule has 2 amide bonds. The largest absolute Gasteiger partial charge is 0.381 e. The van der Waals surface area contributed by atoms with Gasteiger partial charge in [-0.1, -0.05) is 17.7 Å². The number of carbonyl (C=O) groups is 2. The summed E-state index contributed by atoms with van der Waals surface area (Å²) in [6, 6.07) is 3.72. The number of amides is 2. The molecule has 0 aliphatic carbocycles. The number of hydrogen-bond donors (Lipinski definition) is 3. The maximum Gasteiger partial charge on any atom is 0.288 e. The van der Waals surface area contributed by atoms with Gasteiger partial charge in [-0.2, -0.15) is 0 Å². The van der Waals surface area contributed by atoms with Crippen LogP contribution in [0.1, 0.15) is 10.4 Å². The van der Waals surface area contributed by atoms with Crippen LogP contribution in [-0.2, 0) is 4.79 Å². The minimum atomic E-state index is -1.54. The van der Waals surface area contributed by atoms with E-state index in [-0.39, 0.29) is 10.6 Å². The van der Waals surface area contributed by atoms with Crippen LogP contribution in [0.15, 0.2) is 18.2 Å².